The Bertz CT molecular complexity index is 1060. The van der Waals surface area contributed by atoms with Crippen LogP contribution < -0.4 is 4.74 Å². The maximum absolute atomic E-state index is 12.4. The van der Waals surface area contributed by atoms with Crippen molar-refractivity contribution in [1.82, 2.24) is 9.97 Å². The summed E-state index contributed by atoms with van der Waals surface area (Å²) >= 11 is 0. The van der Waals surface area contributed by atoms with Crippen molar-refractivity contribution in [2.75, 3.05) is 14.2 Å². The van der Waals surface area contributed by atoms with E-state index < -0.39 is 5.97 Å². The van der Waals surface area contributed by atoms with Crippen molar-refractivity contribution in [2.24, 2.45) is 5.11 Å². The van der Waals surface area contributed by atoms with E-state index in [1.54, 1.807) is 37.6 Å². The van der Waals surface area contributed by atoms with Gasteiger partial charge in [-0.3, -0.25) is 4.98 Å². The first-order chi connectivity index (χ1) is 13.6. The standard InChI is InChI=1S/C20H17N5O3/c1-12-4-5-14(11-22-12)18-19(24-25-21)16(20(26)28-3)10-17(23-18)13-6-8-15(27-2)9-7-13/h4-11H,1-3H3. The van der Waals surface area contributed by atoms with Gasteiger partial charge in [0.2, 0.25) is 0 Å². The molecule has 0 fully saturated rings. The van der Waals surface area contributed by atoms with Crippen LogP contribution in [0, 0.1) is 6.92 Å². The third-order valence-corrected chi connectivity index (χ3v) is 4.11. The number of esters is 1. The average molecular weight is 375 g/mol. The fourth-order valence-electron chi connectivity index (χ4n) is 2.67. The molecule has 28 heavy (non-hydrogen) atoms. The normalized spacial score (nSPS) is 10.1. The van der Waals surface area contributed by atoms with Gasteiger partial charge >= 0.3 is 5.97 Å². The van der Waals surface area contributed by atoms with Crippen molar-refractivity contribution in [3.05, 3.63) is 70.4 Å². The van der Waals surface area contributed by atoms with E-state index >= 15 is 0 Å². The fraction of sp³-hybridized carbons (Fsp3) is 0.150. The van der Waals surface area contributed by atoms with Gasteiger partial charge in [0.15, 0.2) is 0 Å². The molecular formula is C20H17N5O3. The maximum atomic E-state index is 12.4. The van der Waals surface area contributed by atoms with E-state index in [9.17, 15) is 4.79 Å². The molecule has 0 unspecified atom stereocenters. The molecule has 3 rings (SSSR count). The molecule has 1 aromatic carbocycles. The highest BCUT2D eigenvalue weighted by Crippen LogP contribution is 2.36. The zero-order valence-corrected chi connectivity index (χ0v) is 15.6. The lowest BCUT2D eigenvalue weighted by Crippen LogP contribution is -2.04. The van der Waals surface area contributed by atoms with Crippen LogP contribution in [0.25, 0.3) is 33.0 Å². The monoisotopic (exact) mass is 375 g/mol. The smallest absolute Gasteiger partial charge is 0.338 e. The second-order valence-electron chi connectivity index (χ2n) is 5.85. The molecule has 2 heterocycles. The number of aromatic nitrogens is 2. The highest BCUT2D eigenvalue weighted by Gasteiger charge is 2.20. The summed E-state index contributed by atoms with van der Waals surface area (Å²) in [5.74, 6) is 0.0754. The first-order valence-corrected chi connectivity index (χ1v) is 8.33. The number of carbonyl (C=O) groups excluding carboxylic acids is 1. The number of benzene rings is 1. The molecule has 8 nitrogen and oxygen atoms in total. The Morgan fingerprint density at radius 1 is 1.11 bits per heavy atom. The maximum Gasteiger partial charge on any atom is 0.338 e. The molecule has 0 saturated carbocycles. The summed E-state index contributed by atoms with van der Waals surface area (Å²) in [6.45, 7) is 1.86. The molecule has 0 radical (unpaired) electrons. The van der Waals surface area contributed by atoms with Gasteiger partial charge in [0.25, 0.3) is 0 Å². The third kappa shape index (κ3) is 3.77. The lowest BCUT2D eigenvalue weighted by atomic mass is 10.0. The van der Waals surface area contributed by atoms with Crippen molar-refractivity contribution < 1.29 is 14.3 Å². The van der Waals surface area contributed by atoms with E-state index in [4.69, 9.17) is 15.0 Å². The Morgan fingerprint density at radius 2 is 1.82 bits per heavy atom. The van der Waals surface area contributed by atoms with Crippen LogP contribution >= 0.6 is 0 Å². The van der Waals surface area contributed by atoms with E-state index in [1.807, 2.05) is 25.1 Å². The Morgan fingerprint density at radius 3 is 2.39 bits per heavy atom. The first-order valence-electron chi connectivity index (χ1n) is 8.33. The zero-order valence-electron chi connectivity index (χ0n) is 15.6. The minimum atomic E-state index is -0.624. The Balaban J connectivity index is 2.29. The molecule has 0 bridgehead atoms. The van der Waals surface area contributed by atoms with Crippen LogP contribution in [0.3, 0.4) is 0 Å². The number of hydrogen-bond donors (Lipinski definition) is 0. The summed E-state index contributed by atoms with van der Waals surface area (Å²) in [5.41, 5.74) is 12.3. The summed E-state index contributed by atoms with van der Waals surface area (Å²) in [7, 11) is 2.85. The van der Waals surface area contributed by atoms with Crippen LogP contribution in [0.15, 0.2) is 53.8 Å². The van der Waals surface area contributed by atoms with Crippen LogP contribution in [-0.2, 0) is 4.74 Å². The Hall–Kier alpha value is -3.90. The van der Waals surface area contributed by atoms with Gasteiger partial charge in [-0.1, -0.05) is 5.11 Å². The Labute approximate surface area is 161 Å². The van der Waals surface area contributed by atoms with Gasteiger partial charge in [0.1, 0.15) is 5.75 Å². The van der Waals surface area contributed by atoms with Crippen LogP contribution in [0.5, 0.6) is 5.75 Å². The molecule has 0 atom stereocenters. The molecule has 2 aromatic heterocycles. The molecule has 0 amide bonds. The summed E-state index contributed by atoms with van der Waals surface area (Å²) in [6.07, 6.45) is 1.62. The number of aryl methyl sites for hydroxylation is 1. The van der Waals surface area contributed by atoms with Crippen molar-refractivity contribution in [3.63, 3.8) is 0 Å². The number of methoxy groups -OCH3 is 2. The molecule has 0 spiro atoms. The molecule has 8 heteroatoms. The first kappa shape index (κ1) is 18.9. The van der Waals surface area contributed by atoms with E-state index in [1.165, 1.54) is 7.11 Å². The fourth-order valence-corrected chi connectivity index (χ4v) is 2.67. The largest absolute Gasteiger partial charge is 0.497 e. The van der Waals surface area contributed by atoms with Crippen molar-refractivity contribution in [1.29, 1.82) is 0 Å². The lowest BCUT2D eigenvalue weighted by molar-refractivity contribution is 0.0601. The lowest BCUT2D eigenvalue weighted by Gasteiger charge is -2.13. The number of hydrogen-bond acceptors (Lipinski definition) is 6. The summed E-state index contributed by atoms with van der Waals surface area (Å²) in [4.78, 5) is 24.1. The minimum absolute atomic E-state index is 0.0947. The molecule has 3 aromatic rings. The molecule has 0 aliphatic carbocycles. The molecule has 0 aliphatic heterocycles. The topological polar surface area (TPSA) is 110 Å². The molecule has 0 saturated heterocycles. The summed E-state index contributed by atoms with van der Waals surface area (Å²) in [5, 5.41) is 3.71. The van der Waals surface area contributed by atoms with Gasteiger partial charge in [0, 0.05) is 27.9 Å². The second kappa shape index (κ2) is 8.20. The number of azide groups is 1. The molecule has 0 aliphatic rings. The van der Waals surface area contributed by atoms with E-state index in [2.05, 4.69) is 20.0 Å². The second-order valence-corrected chi connectivity index (χ2v) is 5.85. The van der Waals surface area contributed by atoms with Crippen LogP contribution in [0.1, 0.15) is 16.1 Å². The Kier molecular flexibility index (Phi) is 5.53. The number of nitrogens with zero attached hydrogens (tertiary/aromatic N) is 5. The zero-order chi connectivity index (χ0) is 20.1. The van der Waals surface area contributed by atoms with E-state index in [-0.39, 0.29) is 11.3 Å². The SMILES string of the molecule is COC(=O)c1cc(-c2ccc(OC)cc2)nc(-c2ccc(C)nc2)c1N=[N+]=[N-]. The average Bonchev–Trinajstić information content (AvgIpc) is 2.74. The minimum Gasteiger partial charge on any atom is -0.497 e. The van der Waals surface area contributed by atoms with Crippen molar-refractivity contribution >= 4 is 11.7 Å². The van der Waals surface area contributed by atoms with E-state index in [0.29, 0.717) is 22.7 Å². The van der Waals surface area contributed by atoms with Crippen molar-refractivity contribution in [2.45, 2.75) is 6.92 Å². The number of pyridine rings is 2. The number of ether oxygens (including phenoxy) is 2. The highest BCUT2D eigenvalue weighted by atomic mass is 16.5. The van der Waals surface area contributed by atoms with E-state index in [0.717, 1.165) is 11.3 Å². The van der Waals surface area contributed by atoms with Crippen molar-refractivity contribution in [3.8, 4) is 28.3 Å². The van der Waals surface area contributed by atoms with Gasteiger partial charge in [-0.2, -0.15) is 0 Å². The third-order valence-electron chi connectivity index (χ3n) is 4.11. The predicted octanol–water partition coefficient (Wildman–Crippen LogP) is 4.86. The van der Waals surface area contributed by atoms with Gasteiger partial charge < -0.3 is 9.47 Å². The van der Waals surface area contributed by atoms with Gasteiger partial charge in [-0.05, 0) is 54.9 Å². The molecule has 0 N–H and O–H groups in total. The van der Waals surface area contributed by atoms with Gasteiger partial charge in [-0.25, -0.2) is 9.78 Å². The highest BCUT2D eigenvalue weighted by molar-refractivity contribution is 5.99. The summed E-state index contributed by atoms with van der Waals surface area (Å²) in [6, 6.07) is 12.4. The van der Waals surface area contributed by atoms with Gasteiger partial charge in [0.05, 0.1) is 36.9 Å². The molecular weight excluding hydrogens is 358 g/mol. The number of rotatable bonds is 5. The summed E-state index contributed by atoms with van der Waals surface area (Å²) < 4.78 is 10.1. The molecule has 140 valence electrons. The van der Waals surface area contributed by atoms with Crippen LogP contribution in [0.2, 0.25) is 0 Å². The predicted molar refractivity (Wildman–Crippen MR) is 104 cm³/mol. The van der Waals surface area contributed by atoms with Gasteiger partial charge in [-0.15, -0.1) is 0 Å². The number of carbonyl (C=O) groups is 1. The quantitative estimate of drug-likeness (QED) is 0.274. The van der Waals surface area contributed by atoms with Crippen LogP contribution in [-0.4, -0.2) is 30.2 Å². The van der Waals surface area contributed by atoms with Crippen LogP contribution in [0.4, 0.5) is 5.69 Å².